The Labute approximate surface area is 97.7 Å². The summed E-state index contributed by atoms with van der Waals surface area (Å²) in [5.74, 6) is 0.712. The van der Waals surface area contributed by atoms with Gasteiger partial charge in [-0.15, -0.1) is 0 Å². The number of ketones is 1. The van der Waals surface area contributed by atoms with Gasteiger partial charge in [0, 0.05) is 18.1 Å². The van der Waals surface area contributed by atoms with E-state index in [0.29, 0.717) is 30.3 Å². The van der Waals surface area contributed by atoms with Crippen molar-refractivity contribution in [3.8, 4) is 17.2 Å². The van der Waals surface area contributed by atoms with Gasteiger partial charge in [-0.05, 0) is 6.92 Å². The van der Waals surface area contributed by atoms with Crippen molar-refractivity contribution in [2.45, 2.75) is 13.3 Å². The number of ether oxygens (including phenoxy) is 2. The third-order valence-corrected chi connectivity index (χ3v) is 2.57. The molecule has 2 rings (SSSR count). The molecule has 0 saturated carbocycles. The molecule has 0 fully saturated rings. The minimum absolute atomic E-state index is 0.0751. The molecule has 1 aromatic carbocycles. The van der Waals surface area contributed by atoms with Gasteiger partial charge in [-0.1, -0.05) is 11.6 Å². The largest absolute Gasteiger partial charge is 0.506 e. The minimum Gasteiger partial charge on any atom is -0.506 e. The molecule has 1 aliphatic heterocycles. The van der Waals surface area contributed by atoms with E-state index in [2.05, 4.69) is 0 Å². The predicted octanol–water partition coefficient (Wildman–Crippen LogP) is 1.95. The highest BCUT2D eigenvalue weighted by Gasteiger charge is 2.22. The molecule has 1 N–H and O–H groups in total. The molecule has 0 amide bonds. The van der Waals surface area contributed by atoms with Crippen molar-refractivity contribution in [3.63, 3.8) is 0 Å². The van der Waals surface area contributed by atoms with Crippen LogP contribution >= 0.6 is 11.6 Å². The summed E-state index contributed by atoms with van der Waals surface area (Å²) in [5, 5.41) is 9.95. The second-order valence-electron chi connectivity index (χ2n) is 3.59. The lowest BCUT2D eigenvalue weighted by molar-refractivity contribution is -0.116. The van der Waals surface area contributed by atoms with Crippen LogP contribution in [0.1, 0.15) is 12.5 Å². The summed E-state index contributed by atoms with van der Waals surface area (Å²) in [7, 11) is 0. The standard InChI is InChI=1S/C11H11ClO4/c1-6(13)4-7-10(14)8(12)5-9-11(7)16-3-2-15-9/h5,14H,2-4H2,1H3. The Balaban J connectivity index is 2.54. The molecule has 86 valence electrons. The molecule has 0 spiro atoms. The van der Waals surface area contributed by atoms with Crippen molar-refractivity contribution in [1.29, 1.82) is 0 Å². The Morgan fingerprint density at radius 1 is 1.50 bits per heavy atom. The molecule has 5 heteroatoms. The summed E-state index contributed by atoms with van der Waals surface area (Å²) in [6, 6.07) is 1.50. The van der Waals surface area contributed by atoms with E-state index in [1.165, 1.54) is 13.0 Å². The zero-order valence-corrected chi connectivity index (χ0v) is 9.50. The average Bonchev–Trinajstić information content (AvgIpc) is 2.24. The molecular formula is C11H11ClO4. The first-order valence-electron chi connectivity index (χ1n) is 4.89. The molecule has 0 radical (unpaired) electrons. The van der Waals surface area contributed by atoms with E-state index >= 15 is 0 Å². The quantitative estimate of drug-likeness (QED) is 0.861. The van der Waals surface area contributed by atoms with Gasteiger partial charge in [0.2, 0.25) is 0 Å². The fourth-order valence-electron chi connectivity index (χ4n) is 1.62. The Morgan fingerprint density at radius 2 is 2.19 bits per heavy atom. The maximum Gasteiger partial charge on any atom is 0.168 e. The Morgan fingerprint density at radius 3 is 2.88 bits per heavy atom. The first kappa shape index (κ1) is 11.1. The Bertz CT molecular complexity index is 442. The minimum atomic E-state index is -0.110. The van der Waals surface area contributed by atoms with Crippen LogP contribution in [-0.2, 0) is 11.2 Å². The third-order valence-electron chi connectivity index (χ3n) is 2.28. The lowest BCUT2D eigenvalue weighted by Crippen LogP contribution is -2.17. The first-order valence-corrected chi connectivity index (χ1v) is 5.26. The van der Waals surface area contributed by atoms with Crippen molar-refractivity contribution < 1.29 is 19.4 Å². The molecule has 0 aliphatic carbocycles. The second kappa shape index (κ2) is 4.22. The van der Waals surface area contributed by atoms with Crippen LogP contribution in [0.3, 0.4) is 0 Å². The van der Waals surface area contributed by atoms with Crippen LogP contribution in [0, 0.1) is 0 Å². The SMILES string of the molecule is CC(=O)Cc1c(O)c(Cl)cc2c1OCCO2. The van der Waals surface area contributed by atoms with Gasteiger partial charge in [0.05, 0.1) is 5.02 Å². The molecule has 4 nitrogen and oxygen atoms in total. The molecule has 0 saturated heterocycles. The number of benzene rings is 1. The number of phenols is 1. The number of Topliss-reactive ketones (excluding diaryl/α,β-unsaturated/α-hetero) is 1. The second-order valence-corrected chi connectivity index (χ2v) is 4.00. The van der Waals surface area contributed by atoms with Gasteiger partial charge in [-0.25, -0.2) is 0 Å². The van der Waals surface area contributed by atoms with Crippen molar-refractivity contribution in [3.05, 3.63) is 16.7 Å². The van der Waals surface area contributed by atoms with Crippen molar-refractivity contribution >= 4 is 17.4 Å². The van der Waals surface area contributed by atoms with Crippen LogP contribution in [0.5, 0.6) is 17.2 Å². The Kier molecular flexibility index (Phi) is 2.92. The van der Waals surface area contributed by atoms with Gasteiger partial charge in [0.1, 0.15) is 24.7 Å². The predicted molar refractivity (Wildman–Crippen MR) is 58.5 cm³/mol. The number of hydrogen-bond acceptors (Lipinski definition) is 4. The topological polar surface area (TPSA) is 55.8 Å². The zero-order chi connectivity index (χ0) is 11.7. The van der Waals surface area contributed by atoms with Crippen LogP contribution in [-0.4, -0.2) is 24.1 Å². The molecule has 1 aliphatic rings. The van der Waals surface area contributed by atoms with Crippen molar-refractivity contribution in [1.82, 2.24) is 0 Å². The highest BCUT2D eigenvalue weighted by Crippen LogP contribution is 2.43. The molecule has 0 atom stereocenters. The number of rotatable bonds is 2. The third kappa shape index (κ3) is 1.93. The molecule has 1 heterocycles. The molecule has 16 heavy (non-hydrogen) atoms. The van der Waals surface area contributed by atoms with Gasteiger partial charge in [0.25, 0.3) is 0 Å². The summed E-state index contributed by atoms with van der Waals surface area (Å²) in [6.07, 6.45) is 0.0814. The van der Waals surface area contributed by atoms with E-state index in [9.17, 15) is 9.90 Å². The van der Waals surface area contributed by atoms with E-state index in [1.807, 2.05) is 0 Å². The number of carbonyl (C=O) groups is 1. The van der Waals surface area contributed by atoms with Crippen molar-refractivity contribution in [2.75, 3.05) is 13.2 Å². The van der Waals surface area contributed by atoms with E-state index < -0.39 is 0 Å². The zero-order valence-electron chi connectivity index (χ0n) is 8.75. The summed E-state index contributed by atoms with van der Waals surface area (Å²) < 4.78 is 10.7. The van der Waals surface area contributed by atoms with Crippen LogP contribution in [0.4, 0.5) is 0 Å². The first-order chi connectivity index (χ1) is 7.59. The lowest BCUT2D eigenvalue weighted by Gasteiger charge is -2.22. The normalized spacial score (nSPS) is 13.6. The van der Waals surface area contributed by atoms with Crippen LogP contribution in [0.2, 0.25) is 5.02 Å². The van der Waals surface area contributed by atoms with Gasteiger partial charge in [0.15, 0.2) is 11.5 Å². The summed E-state index contributed by atoms with van der Waals surface area (Å²) in [5.41, 5.74) is 0.398. The van der Waals surface area contributed by atoms with E-state index in [0.717, 1.165) is 0 Å². The van der Waals surface area contributed by atoms with E-state index in [1.54, 1.807) is 0 Å². The smallest absolute Gasteiger partial charge is 0.168 e. The number of hydrogen-bond donors (Lipinski definition) is 1. The number of phenolic OH excluding ortho intramolecular Hbond substituents is 1. The highest BCUT2D eigenvalue weighted by molar-refractivity contribution is 6.32. The average molecular weight is 243 g/mol. The summed E-state index contributed by atoms with van der Waals surface area (Å²) in [4.78, 5) is 11.1. The maximum atomic E-state index is 11.1. The monoisotopic (exact) mass is 242 g/mol. The molecule has 1 aromatic rings. The number of aromatic hydroxyl groups is 1. The van der Waals surface area contributed by atoms with Gasteiger partial charge in [-0.2, -0.15) is 0 Å². The molecule has 0 bridgehead atoms. The number of fused-ring (bicyclic) bond motifs is 1. The van der Waals surface area contributed by atoms with Crippen LogP contribution < -0.4 is 9.47 Å². The molecule has 0 aromatic heterocycles. The van der Waals surface area contributed by atoms with Gasteiger partial charge in [-0.3, -0.25) is 4.79 Å². The number of halogens is 1. The maximum absolute atomic E-state index is 11.1. The molecule has 0 unspecified atom stereocenters. The summed E-state index contributed by atoms with van der Waals surface area (Å²) in [6.45, 7) is 2.28. The van der Waals surface area contributed by atoms with Crippen LogP contribution in [0.25, 0.3) is 0 Å². The molecular weight excluding hydrogens is 232 g/mol. The van der Waals surface area contributed by atoms with Gasteiger partial charge < -0.3 is 14.6 Å². The fourth-order valence-corrected chi connectivity index (χ4v) is 1.84. The van der Waals surface area contributed by atoms with E-state index in [-0.39, 0.29) is 23.0 Å². The summed E-state index contributed by atoms with van der Waals surface area (Å²) >= 11 is 5.84. The highest BCUT2D eigenvalue weighted by atomic mass is 35.5. The fraction of sp³-hybridized carbons (Fsp3) is 0.364. The number of carbonyl (C=O) groups excluding carboxylic acids is 1. The lowest BCUT2D eigenvalue weighted by atomic mass is 10.1. The van der Waals surface area contributed by atoms with Crippen LogP contribution in [0.15, 0.2) is 6.07 Å². The van der Waals surface area contributed by atoms with Crippen molar-refractivity contribution in [2.24, 2.45) is 0 Å². The Hall–Kier alpha value is -1.42. The van der Waals surface area contributed by atoms with Gasteiger partial charge >= 0.3 is 0 Å². The van der Waals surface area contributed by atoms with E-state index in [4.69, 9.17) is 21.1 Å².